The van der Waals surface area contributed by atoms with Crippen LogP contribution in [0.5, 0.6) is 0 Å². The summed E-state index contributed by atoms with van der Waals surface area (Å²) in [5.41, 5.74) is 0. The third kappa shape index (κ3) is 6.27. The Morgan fingerprint density at radius 2 is 2.38 bits per heavy atom. The van der Waals surface area contributed by atoms with E-state index in [1.54, 1.807) is 0 Å². The molecule has 0 spiro atoms. The molecule has 45 valence electrons. The van der Waals surface area contributed by atoms with E-state index in [1.165, 1.54) is 0 Å². The van der Waals surface area contributed by atoms with Crippen molar-refractivity contribution in [3.63, 3.8) is 0 Å². The van der Waals surface area contributed by atoms with Crippen molar-refractivity contribution in [1.82, 2.24) is 0 Å². The maximum atomic E-state index is 10.1. The van der Waals surface area contributed by atoms with E-state index in [1.807, 2.05) is 0 Å². The molecule has 3 radical (unpaired) electrons. The zero-order valence-electron chi connectivity index (χ0n) is 4.94. The summed E-state index contributed by atoms with van der Waals surface area (Å²) in [4.78, 5) is 10.1. The van der Waals surface area contributed by atoms with E-state index in [9.17, 15) is 4.79 Å². The molecule has 0 aromatic heterocycles. The normalized spacial score (nSPS) is 8.75. The van der Waals surface area contributed by atoms with Crippen molar-refractivity contribution < 1.29 is 9.53 Å². The van der Waals surface area contributed by atoms with Crippen LogP contribution in [0.3, 0.4) is 0 Å². The Balaban J connectivity index is 2.82. The second-order valence-electron chi connectivity index (χ2n) is 1.49. The summed E-state index contributed by atoms with van der Waals surface area (Å²) in [7, 11) is 0. The molecular weight excluding hydrogens is 211 g/mol. The van der Waals surface area contributed by atoms with E-state index >= 15 is 0 Å². The van der Waals surface area contributed by atoms with Crippen LogP contribution in [0.15, 0.2) is 0 Å². The van der Waals surface area contributed by atoms with Gasteiger partial charge >= 0.3 is 62.4 Å². The van der Waals surface area contributed by atoms with Gasteiger partial charge in [0, 0.05) is 0 Å². The summed E-state index contributed by atoms with van der Waals surface area (Å²) in [6.45, 7) is 2.66. The van der Waals surface area contributed by atoms with Crippen LogP contribution in [0.1, 0.15) is 19.8 Å². The van der Waals surface area contributed by atoms with Crippen LogP contribution in [-0.2, 0) is 4.74 Å². The Bertz CT molecular complexity index is 72.8. The van der Waals surface area contributed by atoms with Crippen molar-refractivity contribution in [2.24, 2.45) is 0 Å². The maximum absolute atomic E-state index is 10.1. The van der Waals surface area contributed by atoms with Crippen molar-refractivity contribution in [3.05, 3.63) is 0 Å². The molecule has 0 aliphatic carbocycles. The van der Waals surface area contributed by atoms with Crippen molar-refractivity contribution in [2.75, 3.05) is 6.61 Å². The van der Waals surface area contributed by atoms with Crippen LogP contribution in [-0.4, -0.2) is 33.1 Å². The zero-order valence-corrected chi connectivity index (χ0v) is 7.79. The van der Waals surface area contributed by atoms with Gasteiger partial charge in [-0.2, -0.15) is 0 Å². The second-order valence-corrected chi connectivity index (χ2v) is 2.65. The van der Waals surface area contributed by atoms with Gasteiger partial charge in [-0.05, 0) is 0 Å². The van der Waals surface area contributed by atoms with Crippen molar-refractivity contribution >= 4 is 26.5 Å². The van der Waals surface area contributed by atoms with E-state index in [-0.39, 0.29) is 3.99 Å². The Morgan fingerprint density at radius 1 is 1.75 bits per heavy atom. The average molecular weight is 220 g/mol. The predicted octanol–water partition coefficient (Wildman–Crippen LogP) is 1.09. The van der Waals surface area contributed by atoms with Gasteiger partial charge in [0.25, 0.3) is 0 Å². The van der Waals surface area contributed by atoms with Crippen LogP contribution in [0.25, 0.3) is 0 Å². The molecule has 0 N–H and O–H groups in total. The van der Waals surface area contributed by atoms with Crippen LogP contribution in [0.2, 0.25) is 0 Å². The SMILES string of the molecule is CCCCO[C](=O)[Sn]. The first-order valence-electron chi connectivity index (χ1n) is 2.65. The van der Waals surface area contributed by atoms with Gasteiger partial charge in [-0.25, -0.2) is 0 Å². The zero-order chi connectivity index (χ0) is 6.41. The fraction of sp³-hybridized carbons (Fsp3) is 0.800. The molecule has 0 heterocycles. The van der Waals surface area contributed by atoms with Gasteiger partial charge in [-0.3, -0.25) is 0 Å². The van der Waals surface area contributed by atoms with Crippen LogP contribution in [0.4, 0.5) is 4.79 Å². The van der Waals surface area contributed by atoms with Gasteiger partial charge in [-0.15, -0.1) is 0 Å². The summed E-state index contributed by atoms with van der Waals surface area (Å²) in [6, 6.07) is 0. The summed E-state index contributed by atoms with van der Waals surface area (Å²) in [6.07, 6.45) is 2.07. The number of carbonyl (C=O) groups excluding carboxylic acids is 1. The Kier molecular flexibility index (Phi) is 5.59. The quantitative estimate of drug-likeness (QED) is 0.525. The van der Waals surface area contributed by atoms with E-state index in [4.69, 9.17) is 0 Å². The minimum atomic E-state index is -0.0920. The Morgan fingerprint density at radius 3 is 2.75 bits per heavy atom. The van der Waals surface area contributed by atoms with Gasteiger partial charge in [0.2, 0.25) is 0 Å². The van der Waals surface area contributed by atoms with Crippen molar-refractivity contribution in [1.29, 1.82) is 0 Å². The fourth-order valence-electron chi connectivity index (χ4n) is 0.309. The van der Waals surface area contributed by atoms with E-state index in [0.717, 1.165) is 35.4 Å². The predicted molar refractivity (Wildman–Crippen MR) is 32.0 cm³/mol. The average Bonchev–Trinajstić information content (AvgIpc) is 1.66. The van der Waals surface area contributed by atoms with Crippen LogP contribution in [0, 0.1) is 0 Å². The molecule has 0 bridgehead atoms. The monoisotopic (exact) mass is 221 g/mol. The summed E-state index contributed by atoms with van der Waals surface area (Å²) in [5, 5.41) is 0. The van der Waals surface area contributed by atoms with Crippen LogP contribution >= 0.6 is 0 Å². The minimum absolute atomic E-state index is 0.0920. The number of hydrogen-bond acceptors (Lipinski definition) is 2. The summed E-state index contributed by atoms with van der Waals surface area (Å²) < 4.78 is 4.59. The van der Waals surface area contributed by atoms with E-state index < -0.39 is 0 Å². The number of carbonyl (C=O) groups is 1. The summed E-state index contributed by atoms with van der Waals surface area (Å²) >= 11 is 0.842. The molecule has 0 aliphatic rings. The van der Waals surface area contributed by atoms with Gasteiger partial charge in [0.05, 0.1) is 0 Å². The molecule has 0 aromatic rings. The molecule has 0 unspecified atom stereocenters. The van der Waals surface area contributed by atoms with Gasteiger partial charge < -0.3 is 0 Å². The molecule has 0 saturated heterocycles. The standard InChI is InChI=1S/C5H9O2.Sn/c1-2-3-4-7-5-6;/h2-4H2,1H3;. The van der Waals surface area contributed by atoms with Gasteiger partial charge in [-0.1, -0.05) is 0 Å². The molecule has 0 saturated carbocycles. The second kappa shape index (κ2) is 5.41. The first kappa shape index (κ1) is 8.27. The molecule has 2 nitrogen and oxygen atoms in total. The van der Waals surface area contributed by atoms with Gasteiger partial charge in [0.1, 0.15) is 0 Å². The molecule has 8 heavy (non-hydrogen) atoms. The third-order valence-corrected chi connectivity index (χ3v) is 1.14. The number of unbranched alkanes of at least 4 members (excludes halogenated alkanes) is 1. The first-order valence-corrected chi connectivity index (χ1v) is 4.08. The molecule has 0 aromatic carbocycles. The third-order valence-electron chi connectivity index (χ3n) is 0.731. The van der Waals surface area contributed by atoms with Gasteiger partial charge in [0.15, 0.2) is 0 Å². The molecule has 0 amide bonds. The Hall–Kier alpha value is 0.269. The molecule has 0 aliphatic heterocycles. The number of rotatable bonds is 3. The number of ether oxygens (including phenoxy) is 1. The van der Waals surface area contributed by atoms with E-state index in [2.05, 4.69) is 11.7 Å². The molecule has 0 rings (SSSR count). The van der Waals surface area contributed by atoms with Crippen molar-refractivity contribution in [2.45, 2.75) is 19.8 Å². The number of hydrogen-bond donors (Lipinski definition) is 0. The Labute approximate surface area is 62.7 Å². The van der Waals surface area contributed by atoms with Crippen molar-refractivity contribution in [3.8, 4) is 0 Å². The molecule has 0 fully saturated rings. The first-order chi connectivity index (χ1) is 3.77. The molecule has 0 atom stereocenters. The van der Waals surface area contributed by atoms with E-state index in [0.29, 0.717) is 6.61 Å². The topological polar surface area (TPSA) is 26.3 Å². The molecular formula is C5H9O2Sn. The van der Waals surface area contributed by atoms with Crippen LogP contribution < -0.4 is 0 Å². The molecule has 3 heteroatoms. The fourth-order valence-corrected chi connectivity index (χ4v) is 0.600. The summed E-state index contributed by atoms with van der Waals surface area (Å²) in [5.74, 6) is 0.